The van der Waals surface area contributed by atoms with Gasteiger partial charge in [-0.3, -0.25) is 4.68 Å². The molecule has 0 saturated heterocycles. The Morgan fingerprint density at radius 2 is 2.29 bits per heavy atom. The van der Waals surface area contributed by atoms with Crippen molar-refractivity contribution >= 4 is 0 Å². The summed E-state index contributed by atoms with van der Waals surface area (Å²) in [4.78, 5) is 0. The third-order valence-corrected chi connectivity index (χ3v) is 2.52. The molecule has 0 fully saturated rings. The van der Waals surface area contributed by atoms with E-state index in [-0.39, 0.29) is 0 Å². The third kappa shape index (κ3) is 3.17. The second kappa shape index (κ2) is 5.63. The van der Waals surface area contributed by atoms with Gasteiger partial charge < -0.3 is 9.84 Å². The molecule has 0 aliphatic heterocycles. The van der Waals surface area contributed by atoms with Gasteiger partial charge in [-0.1, -0.05) is 12.1 Å². The standard InChI is InChI=1S/C12H18N4O/c1-3-6-16-11(4-5-14-16)8-13-9-12-7-10(2)15-17-12/h4-5,7,13H,3,6,8-9H2,1-2H3. The van der Waals surface area contributed by atoms with E-state index in [0.717, 1.165) is 31.0 Å². The second-order valence-corrected chi connectivity index (χ2v) is 4.08. The maximum absolute atomic E-state index is 5.13. The van der Waals surface area contributed by atoms with E-state index in [1.807, 2.05) is 29.9 Å². The first-order valence-corrected chi connectivity index (χ1v) is 5.93. The Kier molecular flexibility index (Phi) is 3.93. The molecule has 2 rings (SSSR count). The molecule has 92 valence electrons. The van der Waals surface area contributed by atoms with Crippen molar-refractivity contribution in [3.8, 4) is 0 Å². The molecular weight excluding hydrogens is 216 g/mol. The summed E-state index contributed by atoms with van der Waals surface area (Å²) in [5.74, 6) is 0.865. The molecule has 0 amide bonds. The quantitative estimate of drug-likeness (QED) is 0.829. The number of hydrogen-bond donors (Lipinski definition) is 1. The fraction of sp³-hybridized carbons (Fsp3) is 0.500. The second-order valence-electron chi connectivity index (χ2n) is 4.08. The van der Waals surface area contributed by atoms with E-state index in [1.165, 1.54) is 5.69 Å². The van der Waals surface area contributed by atoms with Crippen LogP contribution < -0.4 is 5.32 Å². The molecule has 0 spiro atoms. The Hall–Kier alpha value is -1.62. The largest absolute Gasteiger partial charge is 0.360 e. The fourth-order valence-electron chi connectivity index (χ4n) is 1.74. The van der Waals surface area contributed by atoms with Gasteiger partial charge in [-0.2, -0.15) is 5.10 Å². The minimum Gasteiger partial charge on any atom is -0.360 e. The van der Waals surface area contributed by atoms with Crippen molar-refractivity contribution in [1.82, 2.24) is 20.3 Å². The first-order valence-electron chi connectivity index (χ1n) is 5.93. The average Bonchev–Trinajstić information content (AvgIpc) is 2.90. The van der Waals surface area contributed by atoms with Gasteiger partial charge >= 0.3 is 0 Å². The molecule has 17 heavy (non-hydrogen) atoms. The topological polar surface area (TPSA) is 55.9 Å². The van der Waals surface area contributed by atoms with Crippen LogP contribution >= 0.6 is 0 Å². The van der Waals surface area contributed by atoms with Crippen LogP contribution in [-0.2, 0) is 19.6 Å². The number of nitrogens with one attached hydrogen (secondary N) is 1. The van der Waals surface area contributed by atoms with Crippen LogP contribution in [0.15, 0.2) is 22.9 Å². The lowest BCUT2D eigenvalue weighted by Crippen LogP contribution is -2.16. The van der Waals surface area contributed by atoms with Crippen LogP contribution in [0.3, 0.4) is 0 Å². The summed E-state index contributed by atoms with van der Waals surface area (Å²) in [6.45, 7) is 6.52. The maximum Gasteiger partial charge on any atom is 0.150 e. The monoisotopic (exact) mass is 234 g/mol. The molecule has 2 aromatic rings. The molecule has 2 heterocycles. The molecule has 0 atom stereocenters. The number of aromatic nitrogens is 3. The van der Waals surface area contributed by atoms with Gasteiger partial charge in [-0.05, 0) is 19.4 Å². The highest BCUT2D eigenvalue weighted by Gasteiger charge is 2.03. The van der Waals surface area contributed by atoms with E-state index < -0.39 is 0 Å². The predicted molar refractivity (Wildman–Crippen MR) is 64.3 cm³/mol. The summed E-state index contributed by atoms with van der Waals surface area (Å²) in [5, 5.41) is 11.4. The van der Waals surface area contributed by atoms with Gasteiger partial charge in [0.15, 0.2) is 5.76 Å². The lowest BCUT2D eigenvalue weighted by atomic mass is 10.3. The Morgan fingerprint density at radius 3 is 3.00 bits per heavy atom. The zero-order valence-corrected chi connectivity index (χ0v) is 10.3. The Morgan fingerprint density at radius 1 is 1.41 bits per heavy atom. The van der Waals surface area contributed by atoms with Gasteiger partial charge in [0.05, 0.1) is 17.9 Å². The number of aryl methyl sites for hydroxylation is 2. The van der Waals surface area contributed by atoms with Gasteiger partial charge in [-0.15, -0.1) is 0 Å². The SMILES string of the molecule is CCCn1nccc1CNCc1cc(C)no1. The van der Waals surface area contributed by atoms with Gasteiger partial charge in [-0.25, -0.2) is 0 Å². The van der Waals surface area contributed by atoms with Crippen molar-refractivity contribution in [2.24, 2.45) is 0 Å². The summed E-state index contributed by atoms with van der Waals surface area (Å²) in [6, 6.07) is 3.98. The number of hydrogen-bond acceptors (Lipinski definition) is 4. The Balaban J connectivity index is 1.83. The lowest BCUT2D eigenvalue weighted by molar-refractivity contribution is 0.368. The Bertz CT molecular complexity index is 461. The molecule has 5 nitrogen and oxygen atoms in total. The van der Waals surface area contributed by atoms with Crippen molar-refractivity contribution in [1.29, 1.82) is 0 Å². The zero-order chi connectivity index (χ0) is 12.1. The van der Waals surface area contributed by atoms with Crippen LogP contribution in [0.5, 0.6) is 0 Å². The molecule has 2 aromatic heterocycles. The lowest BCUT2D eigenvalue weighted by Gasteiger charge is -2.06. The van der Waals surface area contributed by atoms with Gasteiger partial charge in [0.2, 0.25) is 0 Å². The molecule has 0 aromatic carbocycles. The maximum atomic E-state index is 5.13. The van der Waals surface area contributed by atoms with E-state index >= 15 is 0 Å². The minimum atomic E-state index is 0.693. The van der Waals surface area contributed by atoms with E-state index in [9.17, 15) is 0 Å². The number of rotatable bonds is 6. The van der Waals surface area contributed by atoms with Crippen LogP contribution in [0.25, 0.3) is 0 Å². The molecule has 0 unspecified atom stereocenters. The Labute approximate surface area is 101 Å². The van der Waals surface area contributed by atoms with E-state index in [2.05, 4.69) is 22.5 Å². The molecule has 0 aliphatic carbocycles. The van der Waals surface area contributed by atoms with Gasteiger partial charge in [0.25, 0.3) is 0 Å². The smallest absolute Gasteiger partial charge is 0.150 e. The third-order valence-electron chi connectivity index (χ3n) is 2.52. The van der Waals surface area contributed by atoms with E-state index in [4.69, 9.17) is 4.52 Å². The minimum absolute atomic E-state index is 0.693. The molecule has 0 aliphatic rings. The summed E-state index contributed by atoms with van der Waals surface area (Å²) in [5.41, 5.74) is 2.11. The van der Waals surface area contributed by atoms with Crippen molar-refractivity contribution in [2.75, 3.05) is 0 Å². The highest BCUT2D eigenvalue weighted by atomic mass is 16.5. The number of nitrogens with zero attached hydrogens (tertiary/aromatic N) is 3. The molecule has 0 radical (unpaired) electrons. The van der Waals surface area contributed by atoms with Crippen LogP contribution in [0.2, 0.25) is 0 Å². The first-order chi connectivity index (χ1) is 8.29. The van der Waals surface area contributed by atoms with Crippen molar-refractivity contribution < 1.29 is 4.52 Å². The van der Waals surface area contributed by atoms with E-state index in [1.54, 1.807) is 0 Å². The fourth-order valence-corrected chi connectivity index (χ4v) is 1.74. The van der Waals surface area contributed by atoms with Crippen LogP contribution in [0.4, 0.5) is 0 Å². The van der Waals surface area contributed by atoms with Crippen LogP contribution in [0, 0.1) is 6.92 Å². The zero-order valence-electron chi connectivity index (χ0n) is 10.3. The summed E-state index contributed by atoms with van der Waals surface area (Å²) in [7, 11) is 0. The van der Waals surface area contributed by atoms with Crippen LogP contribution in [0.1, 0.15) is 30.5 Å². The molecule has 5 heteroatoms. The predicted octanol–water partition coefficient (Wildman–Crippen LogP) is 1.88. The molecular formula is C12H18N4O. The summed E-state index contributed by atoms with van der Waals surface area (Å²) >= 11 is 0. The highest BCUT2D eigenvalue weighted by molar-refractivity contribution is 5.04. The van der Waals surface area contributed by atoms with Gasteiger partial charge in [0, 0.05) is 25.4 Å². The molecule has 1 N–H and O–H groups in total. The van der Waals surface area contributed by atoms with Crippen LogP contribution in [-0.4, -0.2) is 14.9 Å². The average molecular weight is 234 g/mol. The first kappa shape index (κ1) is 11.9. The summed E-state index contributed by atoms with van der Waals surface area (Å²) < 4.78 is 7.15. The molecule has 0 bridgehead atoms. The van der Waals surface area contributed by atoms with Crippen molar-refractivity contribution in [2.45, 2.75) is 39.9 Å². The summed E-state index contributed by atoms with van der Waals surface area (Å²) in [6.07, 6.45) is 2.93. The van der Waals surface area contributed by atoms with Crippen molar-refractivity contribution in [3.63, 3.8) is 0 Å². The highest BCUT2D eigenvalue weighted by Crippen LogP contribution is 2.03. The van der Waals surface area contributed by atoms with Gasteiger partial charge in [0.1, 0.15) is 0 Å². The van der Waals surface area contributed by atoms with E-state index in [0.29, 0.717) is 6.54 Å². The molecule has 0 saturated carbocycles. The van der Waals surface area contributed by atoms with Crippen molar-refractivity contribution in [3.05, 3.63) is 35.5 Å². The normalized spacial score (nSPS) is 10.9.